The van der Waals surface area contributed by atoms with Gasteiger partial charge in [-0.1, -0.05) is 11.6 Å². The predicted molar refractivity (Wildman–Crippen MR) is 114 cm³/mol. The Morgan fingerprint density at radius 2 is 1.87 bits per heavy atom. The van der Waals surface area contributed by atoms with Gasteiger partial charge in [-0.15, -0.1) is 0 Å². The summed E-state index contributed by atoms with van der Waals surface area (Å²) in [6.45, 7) is 2.42. The number of hydrogen-bond acceptors (Lipinski definition) is 7. The van der Waals surface area contributed by atoms with Crippen molar-refractivity contribution >= 4 is 29.1 Å². The van der Waals surface area contributed by atoms with E-state index in [1.165, 1.54) is 31.3 Å². The van der Waals surface area contributed by atoms with Crippen LogP contribution >= 0.6 is 11.6 Å². The molecule has 31 heavy (non-hydrogen) atoms. The van der Waals surface area contributed by atoms with Crippen molar-refractivity contribution in [2.45, 2.75) is 19.4 Å². The lowest BCUT2D eigenvalue weighted by atomic mass is 9.98. The molecule has 1 fully saturated rings. The number of amides is 1. The molecule has 0 spiro atoms. The monoisotopic (exact) mass is 449 g/mol. The van der Waals surface area contributed by atoms with Crippen molar-refractivity contribution in [3.8, 4) is 11.5 Å². The Morgan fingerprint density at radius 3 is 2.45 bits per heavy atom. The zero-order valence-electron chi connectivity index (χ0n) is 17.7. The smallest absolute Gasteiger partial charge is 0.295 e. The Balaban J connectivity index is 2.18. The van der Waals surface area contributed by atoms with E-state index < -0.39 is 23.5 Å². The summed E-state index contributed by atoms with van der Waals surface area (Å²) in [6.07, 6.45) is 0.511. The maximum absolute atomic E-state index is 13.0. The molecule has 1 saturated heterocycles. The van der Waals surface area contributed by atoms with E-state index in [2.05, 4.69) is 0 Å². The summed E-state index contributed by atoms with van der Waals surface area (Å²) < 4.78 is 21.3. The number of nitrogens with zero attached hydrogens (tertiary/aromatic N) is 1. The number of carbonyl (C=O) groups excluding carboxylic acids is 2. The summed E-state index contributed by atoms with van der Waals surface area (Å²) in [4.78, 5) is 27.2. The van der Waals surface area contributed by atoms with Crippen LogP contribution in [0.15, 0.2) is 34.3 Å². The third-order valence-corrected chi connectivity index (χ3v) is 5.34. The van der Waals surface area contributed by atoms with Gasteiger partial charge in [-0.25, -0.2) is 0 Å². The van der Waals surface area contributed by atoms with Gasteiger partial charge < -0.3 is 28.6 Å². The second-order valence-electron chi connectivity index (χ2n) is 6.97. The van der Waals surface area contributed by atoms with Crippen LogP contribution in [0.4, 0.5) is 0 Å². The third kappa shape index (κ3) is 4.26. The van der Waals surface area contributed by atoms with Crippen LogP contribution in [-0.2, 0) is 14.3 Å². The Kier molecular flexibility index (Phi) is 6.92. The summed E-state index contributed by atoms with van der Waals surface area (Å²) >= 11 is 6.24. The van der Waals surface area contributed by atoms with Crippen molar-refractivity contribution < 1.29 is 33.3 Å². The fraction of sp³-hybridized carbons (Fsp3) is 0.364. The highest BCUT2D eigenvalue weighted by molar-refractivity contribution is 6.46. The molecule has 1 aromatic carbocycles. The molecule has 1 aromatic heterocycles. The molecule has 0 radical (unpaired) electrons. The molecule has 1 atom stereocenters. The van der Waals surface area contributed by atoms with Gasteiger partial charge in [0, 0.05) is 26.3 Å². The minimum atomic E-state index is -0.892. The average molecular weight is 450 g/mol. The Morgan fingerprint density at radius 1 is 1.16 bits per heavy atom. The Hall–Kier alpha value is -2.97. The van der Waals surface area contributed by atoms with E-state index in [0.717, 1.165) is 0 Å². The zero-order valence-corrected chi connectivity index (χ0v) is 18.5. The van der Waals surface area contributed by atoms with E-state index in [9.17, 15) is 14.7 Å². The molecule has 1 N–H and O–H groups in total. The number of likely N-dealkylation sites (tertiary alicyclic amines) is 1. The molecule has 166 valence electrons. The highest BCUT2D eigenvalue weighted by Crippen LogP contribution is 2.43. The van der Waals surface area contributed by atoms with Gasteiger partial charge in [-0.2, -0.15) is 0 Å². The molecular weight excluding hydrogens is 426 g/mol. The number of halogens is 1. The number of ether oxygens (including phenoxy) is 3. The second kappa shape index (κ2) is 9.45. The number of aliphatic hydroxyl groups is 1. The normalized spacial score (nSPS) is 18.0. The molecule has 9 heteroatoms. The summed E-state index contributed by atoms with van der Waals surface area (Å²) in [7, 11) is 4.42. The number of carbonyl (C=O) groups is 2. The fourth-order valence-corrected chi connectivity index (χ4v) is 3.82. The number of hydrogen-bond donors (Lipinski definition) is 1. The van der Waals surface area contributed by atoms with Crippen molar-refractivity contribution in [1.29, 1.82) is 0 Å². The van der Waals surface area contributed by atoms with Crippen LogP contribution in [0.5, 0.6) is 11.5 Å². The molecule has 3 rings (SSSR count). The highest BCUT2D eigenvalue weighted by atomic mass is 35.5. The van der Waals surface area contributed by atoms with E-state index >= 15 is 0 Å². The van der Waals surface area contributed by atoms with Crippen molar-refractivity contribution in [2.75, 3.05) is 34.5 Å². The van der Waals surface area contributed by atoms with E-state index in [1.54, 1.807) is 26.2 Å². The van der Waals surface area contributed by atoms with Crippen molar-refractivity contribution in [1.82, 2.24) is 4.90 Å². The molecule has 1 aliphatic rings. The first kappa shape index (κ1) is 22.7. The lowest BCUT2D eigenvalue weighted by Crippen LogP contribution is -2.31. The predicted octanol–water partition coefficient (Wildman–Crippen LogP) is 3.72. The number of methoxy groups -OCH3 is 3. The van der Waals surface area contributed by atoms with Gasteiger partial charge in [-0.05, 0) is 31.5 Å². The third-order valence-electron chi connectivity index (χ3n) is 5.05. The number of ketones is 1. The van der Waals surface area contributed by atoms with E-state index in [1.807, 2.05) is 0 Å². The van der Waals surface area contributed by atoms with E-state index in [-0.39, 0.29) is 28.5 Å². The fourth-order valence-electron chi connectivity index (χ4n) is 3.58. The first-order chi connectivity index (χ1) is 14.8. The SMILES string of the molecule is COCCCN1C(=O)C(=O)/C(=C(/O)c2cc(Cl)c(OC)cc2OC)C1c1ccc(C)o1. The van der Waals surface area contributed by atoms with Gasteiger partial charge in [0.05, 0.1) is 30.4 Å². The van der Waals surface area contributed by atoms with Crippen molar-refractivity contribution in [3.05, 3.63) is 51.9 Å². The number of benzene rings is 1. The number of rotatable bonds is 8. The van der Waals surface area contributed by atoms with Crippen LogP contribution in [-0.4, -0.2) is 56.2 Å². The van der Waals surface area contributed by atoms with Crippen molar-refractivity contribution in [2.24, 2.45) is 0 Å². The van der Waals surface area contributed by atoms with Gasteiger partial charge in [0.25, 0.3) is 11.7 Å². The van der Waals surface area contributed by atoms with Crippen molar-refractivity contribution in [3.63, 3.8) is 0 Å². The quantitative estimate of drug-likeness (QED) is 0.284. The molecule has 2 heterocycles. The van der Waals surface area contributed by atoms with E-state index in [4.69, 9.17) is 30.2 Å². The first-order valence-electron chi connectivity index (χ1n) is 9.59. The van der Waals surface area contributed by atoms with E-state index in [0.29, 0.717) is 30.3 Å². The summed E-state index contributed by atoms with van der Waals surface area (Å²) in [5, 5.41) is 11.4. The minimum Gasteiger partial charge on any atom is -0.507 e. The first-order valence-corrected chi connectivity index (χ1v) is 9.97. The van der Waals surface area contributed by atoms with Gasteiger partial charge >= 0.3 is 0 Å². The van der Waals surface area contributed by atoms with Gasteiger partial charge in [-0.3, -0.25) is 9.59 Å². The lowest BCUT2D eigenvalue weighted by molar-refractivity contribution is -0.140. The molecule has 8 nitrogen and oxygen atoms in total. The average Bonchev–Trinajstić information content (AvgIpc) is 3.29. The molecule has 0 aliphatic carbocycles. The molecule has 1 amide bonds. The zero-order chi connectivity index (χ0) is 22.7. The molecule has 1 unspecified atom stereocenters. The number of Topliss-reactive ketones (excluding diaryl/α,β-unsaturated/α-hetero) is 1. The molecule has 2 aromatic rings. The number of furan rings is 1. The topological polar surface area (TPSA) is 98.4 Å². The van der Waals surface area contributed by atoms with Crippen LogP contribution < -0.4 is 9.47 Å². The van der Waals surface area contributed by atoms with Gasteiger partial charge in [0.15, 0.2) is 0 Å². The molecule has 0 bridgehead atoms. The number of aryl methyl sites for hydroxylation is 1. The summed E-state index contributed by atoms with van der Waals surface area (Å²) in [5.41, 5.74) is 0.0627. The van der Waals surface area contributed by atoms with Crippen LogP contribution in [0.1, 0.15) is 29.5 Å². The maximum atomic E-state index is 13.0. The lowest BCUT2D eigenvalue weighted by Gasteiger charge is -2.23. The molecular formula is C22H24ClNO7. The molecule has 0 saturated carbocycles. The Bertz CT molecular complexity index is 1030. The molecule has 1 aliphatic heterocycles. The standard InChI is InChI=1S/C22H24ClNO7/c1-12-6-7-15(31-12)19-18(21(26)22(27)24(19)8-5-9-28-2)20(25)13-10-14(23)17(30-4)11-16(13)29-3/h6-7,10-11,19,25H,5,8-9H2,1-4H3/b20-18+. The minimum absolute atomic E-state index is 0.101. The summed E-state index contributed by atoms with van der Waals surface area (Å²) in [6, 6.07) is 5.45. The van der Waals surface area contributed by atoms with Crippen LogP contribution in [0.3, 0.4) is 0 Å². The van der Waals surface area contributed by atoms with Crippen LogP contribution in [0.2, 0.25) is 5.02 Å². The van der Waals surface area contributed by atoms with Crippen LogP contribution in [0, 0.1) is 6.92 Å². The second-order valence-corrected chi connectivity index (χ2v) is 7.38. The highest BCUT2D eigenvalue weighted by Gasteiger charge is 2.47. The van der Waals surface area contributed by atoms with Crippen LogP contribution in [0.25, 0.3) is 5.76 Å². The maximum Gasteiger partial charge on any atom is 0.295 e. The summed E-state index contributed by atoms with van der Waals surface area (Å²) in [5.74, 6) is -0.393. The van der Waals surface area contributed by atoms with Gasteiger partial charge in [0.2, 0.25) is 0 Å². The number of aliphatic hydroxyl groups excluding tert-OH is 1. The Labute approximate surface area is 184 Å². The largest absolute Gasteiger partial charge is 0.507 e. The van der Waals surface area contributed by atoms with Gasteiger partial charge in [0.1, 0.15) is 34.8 Å².